The molecule has 2 heterocycles. The predicted molar refractivity (Wildman–Crippen MR) is 133 cm³/mol. The SMILES string of the molecule is Cc1ccc(C)c(Oc2cc(NC(=O)c3ccn(Cn4nc(C)c([N+](=O)[O-])c4C)n3)cc([N+](=O)[O-])c2)c1. The molecule has 4 rings (SSSR count). The van der Waals surface area contributed by atoms with Crippen molar-refractivity contribution in [3.05, 3.63) is 97.1 Å². The Bertz CT molecular complexity index is 1540. The molecule has 0 saturated heterocycles. The highest BCUT2D eigenvalue weighted by atomic mass is 16.6. The molecule has 0 spiro atoms. The van der Waals surface area contributed by atoms with Gasteiger partial charge >= 0.3 is 5.69 Å². The number of aryl methyl sites for hydroxylation is 3. The van der Waals surface area contributed by atoms with Gasteiger partial charge in [-0.25, -0.2) is 4.68 Å². The minimum atomic E-state index is -0.601. The van der Waals surface area contributed by atoms with Crippen LogP contribution in [0.25, 0.3) is 0 Å². The number of aromatic nitrogens is 4. The van der Waals surface area contributed by atoms with Gasteiger partial charge in [-0.05, 0) is 51.0 Å². The van der Waals surface area contributed by atoms with Crippen LogP contribution in [0.5, 0.6) is 11.5 Å². The number of hydrogen-bond donors (Lipinski definition) is 1. The second kappa shape index (κ2) is 9.89. The molecule has 13 nitrogen and oxygen atoms in total. The maximum Gasteiger partial charge on any atom is 0.312 e. The van der Waals surface area contributed by atoms with Gasteiger partial charge in [0.05, 0.1) is 21.6 Å². The minimum Gasteiger partial charge on any atom is -0.457 e. The number of ether oxygens (including phenoxy) is 1. The summed E-state index contributed by atoms with van der Waals surface area (Å²) in [5.74, 6) is 0.132. The number of carbonyl (C=O) groups is 1. The van der Waals surface area contributed by atoms with Crippen molar-refractivity contribution in [2.24, 2.45) is 0 Å². The molecule has 37 heavy (non-hydrogen) atoms. The average molecular weight is 505 g/mol. The number of non-ortho nitro benzene ring substituents is 1. The molecule has 0 atom stereocenters. The molecule has 0 aliphatic carbocycles. The zero-order chi connectivity index (χ0) is 26.9. The Morgan fingerprint density at radius 2 is 1.76 bits per heavy atom. The second-order valence-corrected chi connectivity index (χ2v) is 8.46. The fourth-order valence-electron chi connectivity index (χ4n) is 3.75. The van der Waals surface area contributed by atoms with Crippen molar-refractivity contribution in [1.29, 1.82) is 0 Å². The van der Waals surface area contributed by atoms with E-state index in [0.717, 1.165) is 11.1 Å². The lowest BCUT2D eigenvalue weighted by Crippen LogP contribution is -2.16. The Balaban J connectivity index is 1.54. The standard InChI is InChI=1S/C24H23N7O6/c1-14-5-6-15(2)22(9-14)37-20-11-18(10-19(12-20)30(33)34)25-24(32)21-7-8-28(27-21)13-29-17(4)23(31(35)36)16(3)26-29/h5-12H,13H2,1-4H3,(H,25,32). The van der Waals surface area contributed by atoms with Crippen LogP contribution in [0.2, 0.25) is 0 Å². The fraction of sp³-hybridized carbons (Fsp3) is 0.208. The van der Waals surface area contributed by atoms with E-state index in [1.165, 1.54) is 39.8 Å². The third-order valence-electron chi connectivity index (χ3n) is 5.61. The zero-order valence-corrected chi connectivity index (χ0v) is 20.5. The van der Waals surface area contributed by atoms with E-state index in [-0.39, 0.29) is 40.9 Å². The average Bonchev–Trinajstić information content (AvgIpc) is 3.40. The first-order chi connectivity index (χ1) is 17.5. The number of rotatable bonds is 8. The second-order valence-electron chi connectivity index (χ2n) is 8.46. The molecule has 2 aromatic carbocycles. The summed E-state index contributed by atoms with van der Waals surface area (Å²) in [7, 11) is 0. The molecule has 1 amide bonds. The van der Waals surface area contributed by atoms with Gasteiger partial charge in [0.2, 0.25) is 0 Å². The summed E-state index contributed by atoms with van der Waals surface area (Å²) in [6.07, 6.45) is 1.53. The van der Waals surface area contributed by atoms with Crippen LogP contribution in [0.4, 0.5) is 17.1 Å². The Morgan fingerprint density at radius 3 is 2.43 bits per heavy atom. The Morgan fingerprint density at radius 1 is 1.00 bits per heavy atom. The van der Waals surface area contributed by atoms with E-state index in [9.17, 15) is 25.0 Å². The Kier molecular flexibility index (Phi) is 6.69. The first kappa shape index (κ1) is 25.0. The summed E-state index contributed by atoms with van der Waals surface area (Å²) >= 11 is 0. The number of benzene rings is 2. The highest BCUT2D eigenvalue weighted by Gasteiger charge is 2.22. The zero-order valence-electron chi connectivity index (χ0n) is 20.5. The number of amides is 1. The summed E-state index contributed by atoms with van der Waals surface area (Å²) in [5, 5.41) is 33.7. The normalized spacial score (nSPS) is 10.8. The molecule has 0 aliphatic heterocycles. The molecule has 190 valence electrons. The minimum absolute atomic E-state index is 0.0412. The number of anilines is 1. The van der Waals surface area contributed by atoms with Crippen molar-refractivity contribution in [2.75, 3.05) is 5.32 Å². The van der Waals surface area contributed by atoms with Gasteiger partial charge in [0.25, 0.3) is 11.6 Å². The van der Waals surface area contributed by atoms with E-state index < -0.39 is 15.8 Å². The lowest BCUT2D eigenvalue weighted by atomic mass is 10.1. The number of nitrogens with one attached hydrogen (secondary N) is 1. The third-order valence-corrected chi connectivity index (χ3v) is 5.61. The molecule has 2 aromatic heterocycles. The van der Waals surface area contributed by atoms with Gasteiger partial charge < -0.3 is 10.1 Å². The molecular weight excluding hydrogens is 482 g/mol. The lowest BCUT2D eigenvalue weighted by Gasteiger charge is -2.11. The topological polar surface area (TPSA) is 160 Å². The van der Waals surface area contributed by atoms with Gasteiger partial charge in [-0.15, -0.1) is 0 Å². The van der Waals surface area contributed by atoms with E-state index in [2.05, 4.69) is 15.5 Å². The number of carbonyl (C=O) groups excluding carboxylic acids is 1. The maximum atomic E-state index is 12.8. The molecule has 13 heteroatoms. The summed E-state index contributed by atoms with van der Waals surface area (Å²) in [6.45, 7) is 6.94. The van der Waals surface area contributed by atoms with Crippen LogP contribution in [0.15, 0.2) is 48.7 Å². The molecule has 4 aromatic rings. The van der Waals surface area contributed by atoms with Gasteiger partial charge in [-0.2, -0.15) is 10.2 Å². The highest BCUT2D eigenvalue weighted by molar-refractivity contribution is 6.03. The van der Waals surface area contributed by atoms with Crippen molar-refractivity contribution < 1.29 is 19.4 Å². The number of hydrogen-bond acceptors (Lipinski definition) is 8. The number of nitro benzene ring substituents is 1. The van der Waals surface area contributed by atoms with E-state index >= 15 is 0 Å². The summed E-state index contributed by atoms with van der Waals surface area (Å²) in [6, 6.07) is 11.1. The highest BCUT2D eigenvalue weighted by Crippen LogP contribution is 2.32. The maximum absolute atomic E-state index is 12.8. The summed E-state index contributed by atoms with van der Waals surface area (Å²) in [4.78, 5) is 34.5. The van der Waals surface area contributed by atoms with Crippen LogP contribution in [-0.2, 0) is 6.67 Å². The molecular formula is C24H23N7O6. The van der Waals surface area contributed by atoms with Crippen LogP contribution in [0.3, 0.4) is 0 Å². The third kappa shape index (κ3) is 5.45. The molecule has 0 unspecified atom stereocenters. The molecule has 0 bridgehead atoms. The first-order valence-electron chi connectivity index (χ1n) is 11.1. The van der Waals surface area contributed by atoms with Crippen LogP contribution < -0.4 is 10.1 Å². The molecule has 0 radical (unpaired) electrons. The fourth-order valence-corrected chi connectivity index (χ4v) is 3.75. The monoisotopic (exact) mass is 505 g/mol. The van der Waals surface area contributed by atoms with Gasteiger partial charge in [-0.3, -0.25) is 29.7 Å². The van der Waals surface area contributed by atoms with E-state index in [1.54, 1.807) is 13.8 Å². The Hall–Kier alpha value is -5.07. The van der Waals surface area contributed by atoms with Crippen molar-refractivity contribution in [3.63, 3.8) is 0 Å². The molecule has 0 aliphatic rings. The van der Waals surface area contributed by atoms with Gasteiger partial charge in [0.15, 0.2) is 5.69 Å². The summed E-state index contributed by atoms with van der Waals surface area (Å²) in [5.41, 5.74) is 2.31. The van der Waals surface area contributed by atoms with Gasteiger partial charge in [0, 0.05) is 18.3 Å². The van der Waals surface area contributed by atoms with Crippen molar-refractivity contribution in [2.45, 2.75) is 34.4 Å². The van der Waals surface area contributed by atoms with Crippen LogP contribution in [0, 0.1) is 47.9 Å². The predicted octanol–water partition coefficient (Wildman–Crippen LogP) is 4.68. The van der Waals surface area contributed by atoms with Gasteiger partial charge in [0.1, 0.15) is 29.6 Å². The smallest absolute Gasteiger partial charge is 0.312 e. The largest absolute Gasteiger partial charge is 0.457 e. The lowest BCUT2D eigenvalue weighted by molar-refractivity contribution is -0.386. The first-order valence-corrected chi connectivity index (χ1v) is 11.1. The molecule has 0 fully saturated rings. The van der Waals surface area contributed by atoms with Crippen molar-refractivity contribution in [3.8, 4) is 11.5 Å². The molecule has 0 saturated carbocycles. The van der Waals surface area contributed by atoms with Crippen molar-refractivity contribution in [1.82, 2.24) is 19.6 Å². The van der Waals surface area contributed by atoms with Crippen LogP contribution in [-0.4, -0.2) is 35.3 Å². The van der Waals surface area contributed by atoms with E-state index in [4.69, 9.17) is 4.74 Å². The van der Waals surface area contributed by atoms with E-state index in [0.29, 0.717) is 11.4 Å². The summed E-state index contributed by atoms with van der Waals surface area (Å²) < 4.78 is 8.71. The van der Waals surface area contributed by atoms with E-state index in [1.807, 2.05) is 32.0 Å². The van der Waals surface area contributed by atoms with Crippen molar-refractivity contribution >= 4 is 23.0 Å². The molecule has 1 N–H and O–H groups in total. The quantitative estimate of drug-likeness (QED) is 0.267. The van der Waals surface area contributed by atoms with Crippen LogP contribution in [0.1, 0.15) is 33.0 Å². The van der Waals surface area contributed by atoms with Gasteiger partial charge in [-0.1, -0.05) is 12.1 Å². The number of nitro groups is 2. The Labute approximate surface area is 210 Å². The van der Waals surface area contributed by atoms with Crippen LogP contribution >= 0.6 is 0 Å². The number of nitrogens with zero attached hydrogens (tertiary/aromatic N) is 6.